The third-order valence-corrected chi connectivity index (χ3v) is 1.55. The van der Waals surface area contributed by atoms with Gasteiger partial charge in [0.2, 0.25) is 0 Å². The Balaban J connectivity index is 2.73. The summed E-state index contributed by atoms with van der Waals surface area (Å²) in [5.74, 6) is 0. The summed E-state index contributed by atoms with van der Waals surface area (Å²) in [5.41, 5.74) is 7.80. The van der Waals surface area contributed by atoms with Crippen LogP contribution in [0.2, 0.25) is 0 Å². The average molecular weight is 135 g/mol. The molecule has 10 heavy (non-hydrogen) atoms. The van der Waals surface area contributed by atoms with Crippen LogP contribution in [0.1, 0.15) is 19.8 Å². The molecule has 0 saturated carbocycles. The molecule has 0 aliphatic heterocycles. The standard InChI is InChI=1S/C9H13N/c1-8-4-2-3-5-9(10)7-6-8/h4-7H,2-3,10H2,1H3. The van der Waals surface area contributed by atoms with Crippen LogP contribution in [-0.4, -0.2) is 0 Å². The summed E-state index contributed by atoms with van der Waals surface area (Å²) in [5, 5.41) is 0. The van der Waals surface area contributed by atoms with Crippen LogP contribution in [0.15, 0.2) is 35.6 Å². The predicted molar refractivity (Wildman–Crippen MR) is 44.4 cm³/mol. The van der Waals surface area contributed by atoms with Crippen LogP contribution in [-0.2, 0) is 0 Å². The number of allylic oxidation sites excluding steroid dienone is 5. The van der Waals surface area contributed by atoms with Gasteiger partial charge in [-0.2, -0.15) is 0 Å². The lowest BCUT2D eigenvalue weighted by Gasteiger charge is -1.98. The molecule has 0 spiro atoms. The van der Waals surface area contributed by atoms with Crippen molar-refractivity contribution < 1.29 is 0 Å². The van der Waals surface area contributed by atoms with Gasteiger partial charge in [0, 0.05) is 5.70 Å². The van der Waals surface area contributed by atoms with E-state index in [1.807, 2.05) is 12.2 Å². The maximum absolute atomic E-state index is 5.61. The lowest BCUT2D eigenvalue weighted by Crippen LogP contribution is -1.93. The highest BCUT2D eigenvalue weighted by atomic mass is 14.5. The SMILES string of the molecule is CC1=CCCC=C(N)C=C1. The van der Waals surface area contributed by atoms with E-state index in [0.29, 0.717) is 0 Å². The van der Waals surface area contributed by atoms with Crippen molar-refractivity contribution in [2.75, 3.05) is 0 Å². The van der Waals surface area contributed by atoms with Gasteiger partial charge in [0.1, 0.15) is 0 Å². The molecular formula is C9H13N. The normalized spacial score (nSPS) is 18.9. The van der Waals surface area contributed by atoms with Gasteiger partial charge in [-0.05, 0) is 25.8 Å². The molecule has 1 heteroatoms. The first-order chi connectivity index (χ1) is 4.79. The summed E-state index contributed by atoms with van der Waals surface area (Å²) in [6.07, 6.45) is 10.4. The van der Waals surface area contributed by atoms with Crippen LogP contribution < -0.4 is 5.73 Å². The van der Waals surface area contributed by atoms with Gasteiger partial charge in [-0.1, -0.05) is 23.8 Å². The Kier molecular flexibility index (Phi) is 2.32. The van der Waals surface area contributed by atoms with Gasteiger partial charge in [-0.25, -0.2) is 0 Å². The number of hydrogen-bond donors (Lipinski definition) is 1. The molecule has 1 aliphatic carbocycles. The van der Waals surface area contributed by atoms with Gasteiger partial charge in [-0.3, -0.25) is 0 Å². The molecule has 0 fully saturated rings. The second-order valence-electron chi connectivity index (χ2n) is 2.56. The minimum absolute atomic E-state index is 0.882. The molecule has 0 aromatic carbocycles. The first-order valence-corrected chi connectivity index (χ1v) is 3.59. The molecule has 1 rings (SSSR count). The largest absolute Gasteiger partial charge is 0.399 e. The third-order valence-electron chi connectivity index (χ3n) is 1.55. The van der Waals surface area contributed by atoms with Gasteiger partial charge in [0.15, 0.2) is 0 Å². The predicted octanol–water partition coefficient (Wildman–Crippen LogP) is 2.13. The van der Waals surface area contributed by atoms with E-state index in [9.17, 15) is 0 Å². The Hall–Kier alpha value is -0.980. The van der Waals surface area contributed by atoms with E-state index in [1.54, 1.807) is 0 Å². The molecule has 0 saturated heterocycles. The molecule has 0 amide bonds. The Morgan fingerprint density at radius 2 is 1.90 bits per heavy atom. The first kappa shape index (κ1) is 7.13. The van der Waals surface area contributed by atoms with Crippen molar-refractivity contribution in [3.63, 3.8) is 0 Å². The third kappa shape index (κ3) is 2.09. The van der Waals surface area contributed by atoms with E-state index in [4.69, 9.17) is 5.73 Å². The topological polar surface area (TPSA) is 26.0 Å². The van der Waals surface area contributed by atoms with Crippen LogP contribution in [0.5, 0.6) is 0 Å². The van der Waals surface area contributed by atoms with Crippen molar-refractivity contribution in [3.8, 4) is 0 Å². The Bertz CT molecular complexity index is 175. The monoisotopic (exact) mass is 135 g/mol. The fourth-order valence-corrected chi connectivity index (χ4v) is 0.925. The maximum atomic E-state index is 5.61. The van der Waals surface area contributed by atoms with Gasteiger partial charge < -0.3 is 5.73 Å². The number of rotatable bonds is 0. The second-order valence-corrected chi connectivity index (χ2v) is 2.56. The molecule has 0 aromatic rings. The highest BCUT2D eigenvalue weighted by Crippen LogP contribution is 2.06. The van der Waals surface area contributed by atoms with Gasteiger partial charge in [-0.15, -0.1) is 0 Å². The average Bonchev–Trinajstić information content (AvgIpc) is 1.90. The van der Waals surface area contributed by atoms with Crippen molar-refractivity contribution in [2.45, 2.75) is 19.8 Å². The summed E-state index contributed by atoms with van der Waals surface area (Å²) >= 11 is 0. The van der Waals surface area contributed by atoms with E-state index < -0.39 is 0 Å². The molecule has 0 radical (unpaired) electrons. The van der Waals surface area contributed by atoms with Crippen molar-refractivity contribution in [2.24, 2.45) is 5.73 Å². The van der Waals surface area contributed by atoms with E-state index in [-0.39, 0.29) is 0 Å². The van der Waals surface area contributed by atoms with Crippen molar-refractivity contribution >= 4 is 0 Å². The lowest BCUT2D eigenvalue weighted by atomic mass is 10.1. The molecular weight excluding hydrogens is 122 g/mol. The zero-order chi connectivity index (χ0) is 7.40. The number of hydrogen-bond acceptors (Lipinski definition) is 1. The van der Waals surface area contributed by atoms with Crippen LogP contribution in [0.25, 0.3) is 0 Å². The van der Waals surface area contributed by atoms with Gasteiger partial charge in [0.25, 0.3) is 0 Å². The van der Waals surface area contributed by atoms with E-state index in [0.717, 1.165) is 18.5 Å². The summed E-state index contributed by atoms with van der Waals surface area (Å²) in [6, 6.07) is 0. The van der Waals surface area contributed by atoms with Crippen LogP contribution in [0.3, 0.4) is 0 Å². The van der Waals surface area contributed by atoms with Gasteiger partial charge >= 0.3 is 0 Å². The molecule has 0 heterocycles. The van der Waals surface area contributed by atoms with Crippen LogP contribution in [0.4, 0.5) is 0 Å². The fraction of sp³-hybridized carbons (Fsp3) is 0.333. The minimum Gasteiger partial charge on any atom is -0.399 e. The fourth-order valence-electron chi connectivity index (χ4n) is 0.925. The molecule has 2 N–H and O–H groups in total. The maximum Gasteiger partial charge on any atom is 0.0273 e. The molecule has 1 nitrogen and oxygen atoms in total. The molecule has 0 aromatic heterocycles. The summed E-state index contributed by atoms with van der Waals surface area (Å²) in [6.45, 7) is 2.09. The number of nitrogens with two attached hydrogens (primary N) is 1. The van der Waals surface area contributed by atoms with Crippen molar-refractivity contribution in [1.82, 2.24) is 0 Å². The van der Waals surface area contributed by atoms with Crippen LogP contribution in [0, 0.1) is 0 Å². The smallest absolute Gasteiger partial charge is 0.0273 e. The summed E-state index contributed by atoms with van der Waals surface area (Å²) < 4.78 is 0. The Labute approximate surface area is 61.9 Å². The zero-order valence-electron chi connectivity index (χ0n) is 6.30. The molecule has 1 aliphatic rings. The molecule has 54 valence electrons. The molecule has 0 bridgehead atoms. The van der Waals surface area contributed by atoms with Crippen molar-refractivity contribution in [1.29, 1.82) is 0 Å². The van der Waals surface area contributed by atoms with Crippen molar-refractivity contribution in [3.05, 3.63) is 35.6 Å². The summed E-state index contributed by atoms with van der Waals surface area (Å²) in [7, 11) is 0. The zero-order valence-corrected chi connectivity index (χ0v) is 6.30. The highest BCUT2D eigenvalue weighted by molar-refractivity contribution is 5.26. The second kappa shape index (κ2) is 3.25. The Morgan fingerprint density at radius 3 is 2.70 bits per heavy atom. The van der Waals surface area contributed by atoms with Crippen LogP contribution >= 0.6 is 0 Å². The minimum atomic E-state index is 0.882. The first-order valence-electron chi connectivity index (χ1n) is 3.59. The highest BCUT2D eigenvalue weighted by Gasteiger charge is 1.88. The lowest BCUT2D eigenvalue weighted by molar-refractivity contribution is 1.02. The Morgan fingerprint density at radius 1 is 1.20 bits per heavy atom. The molecule has 0 atom stereocenters. The van der Waals surface area contributed by atoms with E-state index >= 15 is 0 Å². The quantitative estimate of drug-likeness (QED) is 0.541. The molecule has 0 unspecified atom stereocenters. The van der Waals surface area contributed by atoms with E-state index in [2.05, 4.69) is 19.1 Å². The van der Waals surface area contributed by atoms with Gasteiger partial charge in [0.05, 0.1) is 0 Å². The van der Waals surface area contributed by atoms with E-state index in [1.165, 1.54) is 5.57 Å². The summed E-state index contributed by atoms with van der Waals surface area (Å²) in [4.78, 5) is 0.